The number of hydrogen-bond donors (Lipinski definition) is 3. The van der Waals surface area contributed by atoms with Gasteiger partial charge in [-0.15, -0.1) is 0 Å². The van der Waals surface area contributed by atoms with Crippen molar-refractivity contribution < 1.29 is 33.0 Å². The molecule has 0 aromatic carbocycles. The van der Waals surface area contributed by atoms with Gasteiger partial charge in [-0.1, -0.05) is 6.92 Å². The van der Waals surface area contributed by atoms with Crippen LogP contribution in [0.3, 0.4) is 0 Å². The standard InChI is InChI=1S/C33H46N6O7/c1-20-14-22(36-30(41)45-32(2,3)4)19-39(18-20)24-11-12-34-17-23(24)37-28(40)26-27-25(15-21(16-35-27)10-9-13-43-8)44-29(26)38-31(42)46-33(5,6)7/h11-12,15-17,20,22H,9-10,13-14,18-19H2,1-8H3,(H,36,41)(H,37,40)(H,38,42)/t20-,22+/m1/s1. The highest BCUT2D eigenvalue weighted by atomic mass is 16.6. The molecule has 13 heteroatoms. The molecule has 3 N–H and O–H groups in total. The summed E-state index contributed by atoms with van der Waals surface area (Å²) in [6.07, 6.45) is 5.92. The monoisotopic (exact) mass is 638 g/mol. The molecule has 3 aromatic rings. The molecule has 0 saturated carbocycles. The Labute approximate surface area is 269 Å². The summed E-state index contributed by atoms with van der Waals surface area (Å²) in [5.74, 6) is -0.385. The fraction of sp³-hybridized carbons (Fsp3) is 0.545. The van der Waals surface area contributed by atoms with Crippen molar-refractivity contribution in [3.8, 4) is 0 Å². The smallest absolute Gasteiger partial charge is 0.414 e. The summed E-state index contributed by atoms with van der Waals surface area (Å²) >= 11 is 0. The number of carbonyl (C=O) groups excluding carboxylic acids is 3. The summed E-state index contributed by atoms with van der Waals surface area (Å²) in [5.41, 5.74) is 1.39. The summed E-state index contributed by atoms with van der Waals surface area (Å²) in [4.78, 5) is 50.1. The number of amides is 3. The molecule has 250 valence electrons. The summed E-state index contributed by atoms with van der Waals surface area (Å²) in [6.45, 7) is 14.6. The number of nitrogens with one attached hydrogen (secondary N) is 3. The Morgan fingerprint density at radius 1 is 1.02 bits per heavy atom. The van der Waals surface area contributed by atoms with Crippen LogP contribution in [0, 0.1) is 5.92 Å². The van der Waals surface area contributed by atoms with E-state index in [0.29, 0.717) is 37.4 Å². The number of alkyl carbamates (subject to hydrolysis) is 1. The number of anilines is 3. The number of furan rings is 1. The molecule has 3 amide bonds. The van der Waals surface area contributed by atoms with E-state index < -0.39 is 29.3 Å². The second kappa shape index (κ2) is 14.4. The second-order valence-corrected chi connectivity index (χ2v) is 13.7. The van der Waals surface area contributed by atoms with Crippen molar-refractivity contribution in [2.75, 3.05) is 42.3 Å². The number of aryl methyl sites for hydroxylation is 1. The largest absolute Gasteiger partial charge is 0.444 e. The maximum atomic E-state index is 14.0. The highest BCUT2D eigenvalue weighted by Crippen LogP contribution is 2.34. The number of carbonyl (C=O) groups is 3. The molecule has 0 spiro atoms. The molecule has 46 heavy (non-hydrogen) atoms. The Bertz CT molecular complexity index is 1540. The third kappa shape index (κ3) is 9.56. The normalized spacial score (nSPS) is 17.0. The molecule has 3 aromatic heterocycles. The first-order chi connectivity index (χ1) is 21.6. The first kappa shape index (κ1) is 34.5. The van der Waals surface area contributed by atoms with Gasteiger partial charge in [-0.25, -0.2) is 9.59 Å². The van der Waals surface area contributed by atoms with Crippen LogP contribution in [-0.4, -0.2) is 72.1 Å². The van der Waals surface area contributed by atoms with Gasteiger partial charge in [0.15, 0.2) is 5.58 Å². The quantitative estimate of drug-likeness (QED) is 0.233. The van der Waals surface area contributed by atoms with E-state index in [1.165, 1.54) is 0 Å². The zero-order chi connectivity index (χ0) is 33.6. The van der Waals surface area contributed by atoms with Crippen LogP contribution in [-0.2, 0) is 20.6 Å². The number of fused-ring (bicyclic) bond motifs is 1. The molecule has 1 aliphatic rings. The molecule has 13 nitrogen and oxygen atoms in total. The molecule has 1 saturated heterocycles. The highest BCUT2D eigenvalue weighted by molar-refractivity contribution is 6.16. The van der Waals surface area contributed by atoms with Gasteiger partial charge in [0, 0.05) is 45.2 Å². The van der Waals surface area contributed by atoms with Crippen LogP contribution in [0.25, 0.3) is 11.1 Å². The van der Waals surface area contributed by atoms with Crippen molar-refractivity contribution in [1.82, 2.24) is 15.3 Å². The number of ether oxygens (including phenoxy) is 3. The van der Waals surface area contributed by atoms with Crippen LogP contribution in [0.5, 0.6) is 0 Å². The van der Waals surface area contributed by atoms with Crippen molar-refractivity contribution in [2.24, 2.45) is 5.92 Å². The minimum atomic E-state index is -0.770. The van der Waals surface area contributed by atoms with Gasteiger partial charge in [-0.2, -0.15) is 0 Å². The lowest BCUT2D eigenvalue weighted by molar-refractivity contribution is 0.0494. The number of rotatable bonds is 9. The van der Waals surface area contributed by atoms with E-state index in [-0.39, 0.29) is 28.9 Å². The fourth-order valence-corrected chi connectivity index (χ4v) is 5.34. The first-order valence-corrected chi connectivity index (χ1v) is 15.5. The lowest BCUT2D eigenvalue weighted by Gasteiger charge is -2.39. The van der Waals surface area contributed by atoms with Crippen molar-refractivity contribution in [1.29, 1.82) is 0 Å². The Balaban J connectivity index is 1.61. The topological polar surface area (TPSA) is 157 Å². The predicted molar refractivity (Wildman–Crippen MR) is 175 cm³/mol. The van der Waals surface area contributed by atoms with Crippen LogP contribution in [0.2, 0.25) is 0 Å². The maximum Gasteiger partial charge on any atom is 0.414 e. The number of piperidine rings is 1. The van der Waals surface area contributed by atoms with Gasteiger partial charge >= 0.3 is 12.2 Å². The van der Waals surface area contributed by atoms with Crippen LogP contribution >= 0.6 is 0 Å². The summed E-state index contributed by atoms with van der Waals surface area (Å²) in [5, 5.41) is 8.54. The highest BCUT2D eigenvalue weighted by Gasteiger charge is 2.31. The van der Waals surface area contributed by atoms with E-state index in [1.54, 1.807) is 52.5 Å². The number of aromatic nitrogens is 2. The third-order valence-corrected chi connectivity index (χ3v) is 7.01. The van der Waals surface area contributed by atoms with E-state index in [9.17, 15) is 14.4 Å². The summed E-state index contributed by atoms with van der Waals surface area (Å²) in [7, 11) is 1.65. The van der Waals surface area contributed by atoms with Gasteiger partial charge in [0.2, 0.25) is 5.88 Å². The minimum Gasteiger partial charge on any atom is -0.444 e. The van der Waals surface area contributed by atoms with E-state index in [0.717, 1.165) is 24.1 Å². The number of nitrogens with zero attached hydrogens (tertiary/aromatic N) is 3. The van der Waals surface area contributed by atoms with Crippen molar-refractivity contribution in [3.05, 3.63) is 41.9 Å². The van der Waals surface area contributed by atoms with E-state index >= 15 is 0 Å². The fourth-order valence-electron chi connectivity index (χ4n) is 5.34. The van der Waals surface area contributed by atoms with Gasteiger partial charge in [0.05, 0.1) is 17.6 Å². The average Bonchev–Trinajstić information content (AvgIpc) is 3.27. The van der Waals surface area contributed by atoms with Crippen LogP contribution in [0.4, 0.5) is 26.8 Å². The van der Waals surface area contributed by atoms with Crippen LogP contribution in [0.1, 0.15) is 77.2 Å². The number of pyridine rings is 2. The Morgan fingerprint density at radius 3 is 2.43 bits per heavy atom. The second-order valence-electron chi connectivity index (χ2n) is 13.7. The SMILES string of the molecule is COCCCc1cnc2c(C(=O)Nc3cnccc3N3C[C@H](C)C[C@H](NC(=O)OC(C)(C)C)C3)c(NC(=O)OC(C)(C)C)oc2c1. The lowest BCUT2D eigenvalue weighted by atomic mass is 9.95. The molecular formula is C33H46N6O7. The Hall–Kier alpha value is -4.39. The van der Waals surface area contributed by atoms with E-state index in [4.69, 9.17) is 18.6 Å². The van der Waals surface area contributed by atoms with Crippen molar-refractivity contribution in [2.45, 2.75) is 85.0 Å². The molecule has 1 fully saturated rings. The first-order valence-electron chi connectivity index (χ1n) is 15.5. The summed E-state index contributed by atoms with van der Waals surface area (Å²) < 4.78 is 22.0. The Morgan fingerprint density at radius 2 is 1.74 bits per heavy atom. The van der Waals surface area contributed by atoms with Gasteiger partial charge in [-0.05, 0) is 84.4 Å². The predicted octanol–water partition coefficient (Wildman–Crippen LogP) is 6.14. The van der Waals surface area contributed by atoms with E-state index in [1.807, 2.05) is 26.8 Å². The molecule has 0 radical (unpaired) electrons. The summed E-state index contributed by atoms with van der Waals surface area (Å²) in [6, 6.07) is 3.45. The maximum absolute atomic E-state index is 14.0. The Kier molecular flexibility index (Phi) is 10.8. The van der Waals surface area contributed by atoms with Crippen LogP contribution < -0.4 is 20.9 Å². The molecule has 0 bridgehead atoms. The molecule has 4 heterocycles. The molecule has 1 aliphatic heterocycles. The third-order valence-electron chi connectivity index (χ3n) is 7.01. The molecule has 2 atom stereocenters. The van der Waals surface area contributed by atoms with Crippen molar-refractivity contribution in [3.63, 3.8) is 0 Å². The lowest BCUT2D eigenvalue weighted by Crippen LogP contribution is -2.51. The zero-order valence-corrected chi connectivity index (χ0v) is 28.0. The average molecular weight is 639 g/mol. The van der Waals surface area contributed by atoms with Crippen LogP contribution in [0.15, 0.2) is 35.1 Å². The van der Waals surface area contributed by atoms with Gasteiger partial charge < -0.3 is 34.2 Å². The number of methoxy groups -OCH3 is 1. The molecule has 4 rings (SSSR count). The molecule has 0 unspecified atom stereocenters. The van der Waals surface area contributed by atoms with Gasteiger partial charge in [-0.3, -0.25) is 20.1 Å². The minimum absolute atomic E-state index is 0.0515. The molecule has 0 aliphatic carbocycles. The zero-order valence-electron chi connectivity index (χ0n) is 28.0. The van der Waals surface area contributed by atoms with E-state index in [2.05, 4.69) is 37.7 Å². The van der Waals surface area contributed by atoms with Crippen molar-refractivity contribution >= 4 is 46.5 Å². The number of hydrogen-bond acceptors (Lipinski definition) is 10. The van der Waals surface area contributed by atoms with Gasteiger partial charge in [0.1, 0.15) is 22.3 Å². The molecular weight excluding hydrogens is 592 g/mol. The van der Waals surface area contributed by atoms with Gasteiger partial charge in [0.25, 0.3) is 5.91 Å².